The van der Waals surface area contributed by atoms with E-state index in [0.29, 0.717) is 30.5 Å². The van der Waals surface area contributed by atoms with E-state index >= 15 is 0 Å². The largest absolute Gasteiger partial charge is 0.366 e. The van der Waals surface area contributed by atoms with Crippen molar-refractivity contribution in [3.63, 3.8) is 0 Å². The molecule has 2 amide bonds. The lowest BCUT2D eigenvalue weighted by molar-refractivity contribution is -0.121. The monoisotopic (exact) mass is 307 g/mol. The van der Waals surface area contributed by atoms with Crippen molar-refractivity contribution in [1.29, 1.82) is 5.26 Å². The van der Waals surface area contributed by atoms with Crippen LogP contribution in [0.4, 0.5) is 0 Å². The number of primary amides is 1. The molecule has 5 heteroatoms. The lowest BCUT2D eigenvalue weighted by atomic mass is 10.1. The SMILES string of the molecule is N#Cc1ccc(CCC(=O)NCc2cccc(C(N)=O)c2)cc1. The number of nitrogens with one attached hydrogen (secondary N) is 1. The van der Waals surface area contributed by atoms with Gasteiger partial charge < -0.3 is 11.1 Å². The molecule has 116 valence electrons. The molecule has 0 spiro atoms. The first-order valence-corrected chi connectivity index (χ1v) is 7.23. The molecule has 23 heavy (non-hydrogen) atoms. The lowest BCUT2D eigenvalue weighted by Gasteiger charge is -2.06. The number of hydrogen-bond acceptors (Lipinski definition) is 3. The lowest BCUT2D eigenvalue weighted by Crippen LogP contribution is -2.23. The number of benzene rings is 2. The number of carbonyl (C=O) groups excluding carboxylic acids is 2. The van der Waals surface area contributed by atoms with E-state index in [2.05, 4.69) is 11.4 Å². The van der Waals surface area contributed by atoms with E-state index in [-0.39, 0.29) is 5.91 Å². The zero-order valence-corrected chi connectivity index (χ0v) is 12.6. The number of hydrogen-bond donors (Lipinski definition) is 2. The summed E-state index contributed by atoms with van der Waals surface area (Å²) in [6, 6.07) is 16.1. The highest BCUT2D eigenvalue weighted by Gasteiger charge is 2.05. The fraction of sp³-hybridized carbons (Fsp3) is 0.167. The van der Waals surface area contributed by atoms with Crippen LogP contribution in [0.25, 0.3) is 0 Å². The van der Waals surface area contributed by atoms with E-state index in [1.54, 1.807) is 30.3 Å². The Morgan fingerprint density at radius 1 is 1.09 bits per heavy atom. The zero-order chi connectivity index (χ0) is 16.7. The molecule has 0 saturated heterocycles. The van der Waals surface area contributed by atoms with Gasteiger partial charge in [-0.05, 0) is 41.8 Å². The topological polar surface area (TPSA) is 96.0 Å². The fourth-order valence-corrected chi connectivity index (χ4v) is 2.13. The van der Waals surface area contributed by atoms with Gasteiger partial charge in [-0.1, -0.05) is 24.3 Å². The minimum absolute atomic E-state index is 0.0705. The van der Waals surface area contributed by atoms with Gasteiger partial charge in [0.2, 0.25) is 11.8 Å². The fourth-order valence-electron chi connectivity index (χ4n) is 2.13. The molecule has 2 aromatic carbocycles. The third kappa shape index (κ3) is 4.97. The Kier molecular flexibility index (Phi) is 5.48. The van der Waals surface area contributed by atoms with E-state index in [4.69, 9.17) is 11.0 Å². The van der Waals surface area contributed by atoms with E-state index in [0.717, 1.165) is 11.1 Å². The van der Waals surface area contributed by atoms with Gasteiger partial charge in [-0.15, -0.1) is 0 Å². The molecule has 0 saturated carbocycles. The summed E-state index contributed by atoms with van der Waals surface area (Å²) >= 11 is 0. The second-order valence-corrected chi connectivity index (χ2v) is 5.15. The molecule has 2 aromatic rings. The second kappa shape index (κ2) is 7.76. The van der Waals surface area contributed by atoms with Crippen LogP contribution in [0.3, 0.4) is 0 Å². The summed E-state index contributed by atoms with van der Waals surface area (Å²) in [6.45, 7) is 0.354. The highest BCUT2D eigenvalue weighted by molar-refractivity contribution is 5.92. The summed E-state index contributed by atoms with van der Waals surface area (Å²) in [6.07, 6.45) is 0.972. The number of nitrogens with zero attached hydrogens (tertiary/aromatic N) is 1. The molecule has 2 rings (SSSR count). The minimum atomic E-state index is -0.487. The van der Waals surface area contributed by atoms with Crippen LogP contribution in [0.5, 0.6) is 0 Å². The van der Waals surface area contributed by atoms with Crippen LogP contribution >= 0.6 is 0 Å². The molecule has 0 bridgehead atoms. The Morgan fingerprint density at radius 2 is 1.83 bits per heavy atom. The number of aryl methyl sites for hydroxylation is 1. The van der Waals surface area contributed by atoms with Gasteiger partial charge in [-0.2, -0.15) is 5.26 Å². The molecule has 0 atom stereocenters. The van der Waals surface area contributed by atoms with Gasteiger partial charge in [0.05, 0.1) is 11.6 Å². The van der Waals surface area contributed by atoms with Gasteiger partial charge in [0.15, 0.2) is 0 Å². The van der Waals surface area contributed by atoms with Gasteiger partial charge in [0.25, 0.3) is 0 Å². The van der Waals surface area contributed by atoms with Crippen molar-refractivity contribution < 1.29 is 9.59 Å². The smallest absolute Gasteiger partial charge is 0.248 e. The molecular formula is C18H17N3O2. The van der Waals surface area contributed by atoms with Crippen LogP contribution in [0.2, 0.25) is 0 Å². The van der Waals surface area contributed by atoms with Crippen LogP contribution in [0.15, 0.2) is 48.5 Å². The maximum absolute atomic E-state index is 11.9. The van der Waals surface area contributed by atoms with E-state index in [1.165, 1.54) is 0 Å². The van der Waals surface area contributed by atoms with E-state index in [1.807, 2.05) is 18.2 Å². The highest BCUT2D eigenvalue weighted by atomic mass is 16.1. The summed E-state index contributed by atoms with van der Waals surface area (Å²) in [5, 5.41) is 11.6. The molecule has 3 N–H and O–H groups in total. The summed E-state index contributed by atoms with van der Waals surface area (Å²) in [5.74, 6) is -0.558. The number of amides is 2. The van der Waals surface area contributed by atoms with Crippen LogP contribution < -0.4 is 11.1 Å². The second-order valence-electron chi connectivity index (χ2n) is 5.15. The van der Waals surface area contributed by atoms with Gasteiger partial charge in [-0.3, -0.25) is 9.59 Å². The van der Waals surface area contributed by atoms with Crippen molar-refractivity contribution in [3.05, 3.63) is 70.8 Å². The van der Waals surface area contributed by atoms with Gasteiger partial charge >= 0.3 is 0 Å². The molecule has 0 aliphatic rings. The summed E-state index contributed by atoms with van der Waals surface area (Å²) < 4.78 is 0. The van der Waals surface area contributed by atoms with Crippen LogP contribution in [0.1, 0.15) is 33.5 Å². The summed E-state index contributed by atoms with van der Waals surface area (Å²) in [5.41, 5.74) is 8.09. The Labute approximate surface area is 134 Å². The van der Waals surface area contributed by atoms with Crippen molar-refractivity contribution in [2.24, 2.45) is 5.73 Å². The third-order valence-corrected chi connectivity index (χ3v) is 3.42. The Morgan fingerprint density at radius 3 is 2.48 bits per heavy atom. The number of nitrogens with two attached hydrogens (primary N) is 1. The molecule has 0 unspecified atom stereocenters. The average Bonchev–Trinajstić information content (AvgIpc) is 2.58. The standard InChI is InChI=1S/C18H17N3O2/c19-11-14-6-4-13(5-7-14)8-9-17(22)21-12-15-2-1-3-16(10-15)18(20)23/h1-7,10H,8-9,12H2,(H2,20,23)(H,21,22). The first-order chi connectivity index (χ1) is 11.1. The quantitative estimate of drug-likeness (QED) is 0.853. The van der Waals surface area contributed by atoms with Crippen molar-refractivity contribution in [1.82, 2.24) is 5.32 Å². The summed E-state index contributed by atoms with van der Waals surface area (Å²) in [4.78, 5) is 23.0. The number of nitriles is 1. The molecule has 0 fully saturated rings. The maximum atomic E-state index is 11.9. The molecule has 0 aliphatic carbocycles. The van der Waals surface area contributed by atoms with Crippen molar-refractivity contribution >= 4 is 11.8 Å². The Hall–Kier alpha value is -3.13. The highest BCUT2D eigenvalue weighted by Crippen LogP contribution is 2.07. The number of carbonyl (C=O) groups is 2. The number of rotatable bonds is 6. The molecule has 0 heterocycles. The zero-order valence-electron chi connectivity index (χ0n) is 12.6. The Bertz CT molecular complexity index is 746. The van der Waals surface area contributed by atoms with Gasteiger partial charge in [-0.25, -0.2) is 0 Å². The van der Waals surface area contributed by atoms with Crippen molar-refractivity contribution in [3.8, 4) is 6.07 Å². The first kappa shape index (κ1) is 16.2. The summed E-state index contributed by atoms with van der Waals surface area (Å²) in [7, 11) is 0. The maximum Gasteiger partial charge on any atom is 0.248 e. The Balaban J connectivity index is 1.82. The van der Waals surface area contributed by atoms with E-state index in [9.17, 15) is 9.59 Å². The molecule has 0 aliphatic heterocycles. The molecular weight excluding hydrogens is 290 g/mol. The predicted octanol–water partition coefficient (Wildman–Crippen LogP) is 1.91. The predicted molar refractivity (Wildman–Crippen MR) is 86.3 cm³/mol. The normalized spacial score (nSPS) is 9.87. The first-order valence-electron chi connectivity index (χ1n) is 7.23. The van der Waals surface area contributed by atoms with E-state index < -0.39 is 5.91 Å². The van der Waals surface area contributed by atoms with Crippen LogP contribution in [-0.4, -0.2) is 11.8 Å². The van der Waals surface area contributed by atoms with Crippen molar-refractivity contribution in [2.75, 3.05) is 0 Å². The average molecular weight is 307 g/mol. The van der Waals surface area contributed by atoms with Crippen LogP contribution in [0, 0.1) is 11.3 Å². The third-order valence-electron chi connectivity index (χ3n) is 3.42. The van der Waals surface area contributed by atoms with Crippen molar-refractivity contribution in [2.45, 2.75) is 19.4 Å². The van der Waals surface area contributed by atoms with Gasteiger partial charge in [0.1, 0.15) is 0 Å². The minimum Gasteiger partial charge on any atom is -0.366 e. The molecule has 0 aromatic heterocycles. The molecule has 5 nitrogen and oxygen atoms in total. The molecule has 0 radical (unpaired) electrons. The van der Waals surface area contributed by atoms with Crippen LogP contribution in [-0.2, 0) is 17.8 Å². The van der Waals surface area contributed by atoms with Gasteiger partial charge in [0, 0.05) is 18.5 Å².